The van der Waals surface area contributed by atoms with E-state index in [-0.39, 0.29) is 12.0 Å². The van der Waals surface area contributed by atoms with Gasteiger partial charge >= 0.3 is 5.97 Å². The van der Waals surface area contributed by atoms with Gasteiger partial charge in [0, 0.05) is 24.2 Å². The zero-order valence-corrected chi connectivity index (χ0v) is 12.2. The monoisotopic (exact) mass is 349 g/mol. The maximum absolute atomic E-state index is 14.1. The Hall–Kier alpha value is -2.28. The van der Waals surface area contributed by atoms with Crippen LogP contribution in [0.2, 0.25) is 0 Å². The third-order valence-corrected chi connectivity index (χ3v) is 3.37. The van der Waals surface area contributed by atoms with Gasteiger partial charge in [-0.1, -0.05) is 6.07 Å². The van der Waals surface area contributed by atoms with E-state index in [2.05, 4.69) is 25.9 Å². The van der Waals surface area contributed by atoms with Crippen molar-refractivity contribution in [3.05, 3.63) is 52.8 Å². The van der Waals surface area contributed by atoms with Crippen LogP contribution in [0.3, 0.4) is 0 Å². The van der Waals surface area contributed by atoms with E-state index in [1.165, 1.54) is 18.2 Å². The van der Waals surface area contributed by atoms with Crippen LogP contribution in [0.5, 0.6) is 0 Å². The second-order valence-corrected chi connectivity index (χ2v) is 5.27. The number of benzene rings is 1. The average Bonchev–Trinajstić information content (AvgIpc) is 2.87. The van der Waals surface area contributed by atoms with E-state index in [1.807, 2.05) is 0 Å². The molecule has 1 aromatic carbocycles. The third-order valence-electron chi connectivity index (χ3n) is 2.99. The number of aromatic nitrogens is 3. The Balaban J connectivity index is 2.22. The normalized spacial score (nSPS) is 11.0. The number of carbonyl (C=O) groups is 1. The number of imidazole rings is 1. The fourth-order valence-corrected chi connectivity index (χ4v) is 2.52. The summed E-state index contributed by atoms with van der Waals surface area (Å²) in [5.41, 5.74) is 1.60. The summed E-state index contributed by atoms with van der Waals surface area (Å²) < 4.78 is 16.4. The molecule has 21 heavy (non-hydrogen) atoms. The van der Waals surface area contributed by atoms with Gasteiger partial charge in [0.1, 0.15) is 16.1 Å². The van der Waals surface area contributed by atoms with Crippen molar-refractivity contribution in [3.63, 3.8) is 0 Å². The number of hydrogen-bond donors (Lipinski definition) is 1. The molecule has 0 saturated carbocycles. The molecule has 0 amide bonds. The lowest BCUT2D eigenvalue weighted by Gasteiger charge is -2.07. The SMILES string of the molecule is O=C(O)Cc1ccc(F)c(-c2nc(Br)cn3ccnc23)c1. The van der Waals surface area contributed by atoms with Crippen molar-refractivity contribution in [2.75, 3.05) is 0 Å². The lowest BCUT2D eigenvalue weighted by molar-refractivity contribution is -0.136. The van der Waals surface area contributed by atoms with Crippen molar-refractivity contribution >= 4 is 27.5 Å². The standard InChI is InChI=1S/C14H9BrFN3O2/c15-11-7-19-4-3-17-14(19)13(18-11)9-5-8(6-12(20)21)1-2-10(9)16/h1-5,7H,6H2,(H,20,21). The molecule has 2 aromatic heterocycles. The molecule has 0 aliphatic heterocycles. The minimum atomic E-state index is -0.972. The van der Waals surface area contributed by atoms with Crippen LogP contribution in [0.1, 0.15) is 5.56 Å². The molecule has 7 heteroatoms. The van der Waals surface area contributed by atoms with Gasteiger partial charge in [0.05, 0.1) is 6.42 Å². The van der Waals surface area contributed by atoms with Crippen LogP contribution in [-0.4, -0.2) is 25.4 Å². The Morgan fingerprint density at radius 3 is 3.00 bits per heavy atom. The maximum atomic E-state index is 14.1. The van der Waals surface area contributed by atoms with Crippen molar-refractivity contribution < 1.29 is 14.3 Å². The lowest BCUT2D eigenvalue weighted by atomic mass is 10.1. The van der Waals surface area contributed by atoms with Gasteiger partial charge < -0.3 is 9.51 Å². The Kier molecular flexibility index (Phi) is 3.42. The zero-order chi connectivity index (χ0) is 15.0. The summed E-state index contributed by atoms with van der Waals surface area (Å²) in [5, 5.41) is 8.85. The highest BCUT2D eigenvalue weighted by molar-refractivity contribution is 9.10. The van der Waals surface area contributed by atoms with Gasteiger partial charge in [0.15, 0.2) is 5.65 Å². The summed E-state index contributed by atoms with van der Waals surface area (Å²) in [6.45, 7) is 0. The maximum Gasteiger partial charge on any atom is 0.307 e. The molecule has 0 unspecified atom stereocenters. The van der Waals surface area contributed by atoms with E-state index in [9.17, 15) is 9.18 Å². The number of carboxylic acid groups (broad SMARTS) is 1. The fraction of sp³-hybridized carbons (Fsp3) is 0.0714. The molecule has 0 spiro atoms. The Bertz CT molecular complexity index is 847. The van der Waals surface area contributed by atoms with Crippen LogP contribution in [0.25, 0.3) is 16.9 Å². The zero-order valence-electron chi connectivity index (χ0n) is 10.6. The number of nitrogens with zero attached hydrogens (tertiary/aromatic N) is 3. The van der Waals surface area contributed by atoms with Gasteiger partial charge in [-0.15, -0.1) is 0 Å². The first-order valence-electron chi connectivity index (χ1n) is 6.04. The second kappa shape index (κ2) is 5.25. The Labute approximate surface area is 127 Å². The minimum absolute atomic E-state index is 0.175. The van der Waals surface area contributed by atoms with Crippen molar-refractivity contribution in [2.45, 2.75) is 6.42 Å². The number of fused-ring (bicyclic) bond motifs is 1. The largest absolute Gasteiger partial charge is 0.481 e. The molecule has 0 atom stereocenters. The Morgan fingerprint density at radius 2 is 2.24 bits per heavy atom. The first-order chi connectivity index (χ1) is 10.0. The predicted molar refractivity (Wildman–Crippen MR) is 77.4 cm³/mol. The molecule has 0 aliphatic carbocycles. The van der Waals surface area contributed by atoms with E-state index in [0.717, 1.165) is 0 Å². The molecular weight excluding hydrogens is 341 g/mol. The van der Waals surface area contributed by atoms with Crippen molar-refractivity contribution in [1.29, 1.82) is 0 Å². The first-order valence-corrected chi connectivity index (χ1v) is 6.83. The van der Waals surface area contributed by atoms with Gasteiger partial charge in [0.2, 0.25) is 0 Å². The van der Waals surface area contributed by atoms with Gasteiger partial charge in [-0.3, -0.25) is 4.79 Å². The number of halogens is 2. The van der Waals surface area contributed by atoms with Gasteiger partial charge in [-0.25, -0.2) is 14.4 Å². The van der Waals surface area contributed by atoms with Crippen LogP contribution in [0.15, 0.2) is 41.4 Å². The quantitative estimate of drug-likeness (QED) is 0.789. The fourth-order valence-electron chi connectivity index (χ4n) is 2.12. The van der Waals surface area contributed by atoms with Gasteiger partial charge in [-0.2, -0.15) is 0 Å². The van der Waals surface area contributed by atoms with Crippen molar-refractivity contribution in [1.82, 2.24) is 14.4 Å². The molecule has 1 N–H and O–H groups in total. The second-order valence-electron chi connectivity index (χ2n) is 4.46. The highest BCUT2D eigenvalue weighted by Crippen LogP contribution is 2.27. The van der Waals surface area contributed by atoms with Crippen molar-refractivity contribution in [2.24, 2.45) is 0 Å². The van der Waals surface area contributed by atoms with E-state index in [1.54, 1.807) is 23.0 Å². The van der Waals surface area contributed by atoms with E-state index in [0.29, 0.717) is 21.5 Å². The summed E-state index contributed by atoms with van der Waals surface area (Å²) in [6, 6.07) is 4.19. The van der Waals surface area contributed by atoms with E-state index < -0.39 is 11.8 Å². The topological polar surface area (TPSA) is 67.5 Å². The molecule has 3 aromatic rings. The molecule has 106 valence electrons. The van der Waals surface area contributed by atoms with Crippen molar-refractivity contribution in [3.8, 4) is 11.3 Å². The number of aliphatic carboxylic acids is 1. The summed E-state index contributed by atoms with van der Waals surface area (Å²) >= 11 is 3.27. The summed E-state index contributed by atoms with van der Waals surface area (Å²) in [4.78, 5) is 19.2. The molecular formula is C14H9BrFN3O2. The molecule has 2 heterocycles. The molecule has 0 saturated heterocycles. The third kappa shape index (κ3) is 2.64. The molecule has 0 bridgehead atoms. The molecule has 0 aliphatic rings. The Morgan fingerprint density at radius 1 is 1.43 bits per heavy atom. The van der Waals surface area contributed by atoms with Gasteiger partial charge in [-0.05, 0) is 33.6 Å². The van der Waals surface area contributed by atoms with Crippen LogP contribution in [0, 0.1) is 5.82 Å². The molecule has 5 nitrogen and oxygen atoms in total. The first kappa shape index (κ1) is 13.7. The van der Waals surface area contributed by atoms with Crippen LogP contribution >= 0.6 is 15.9 Å². The smallest absolute Gasteiger partial charge is 0.307 e. The minimum Gasteiger partial charge on any atom is -0.481 e. The predicted octanol–water partition coefficient (Wildman–Crippen LogP) is 2.93. The molecule has 0 fully saturated rings. The summed E-state index contributed by atoms with van der Waals surface area (Å²) in [5.74, 6) is -1.44. The summed E-state index contributed by atoms with van der Waals surface area (Å²) in [7, 11) is 0. The summed E-state index contributed by atoms with van der Waals surface area (Å²) in [6.07, 6.45) is 4.85. The van der Waals surface area contributed by atoms with E-state index >= 15 is 0 Å². The highest BCUT2D eigenvalue weighted by atomic mass is 79.9. The lowest BCUT2D eigenvalue weighted by Crippen LogP contribution is -2.02. The average molecular weight is 350 g/mol. The van der Waals surface area contributed by atoms with Crippen LogP contribution in [-0.2, 0) is 11.2 Å². The highest BCUT2D eigenvalue weighted by Gasteiger charge is 2.14. The van der Waals surface area contributed by atoms with E-state index in [4.69, 9.17) is 5.11 Å². The van der Waals surface area contributed by atoms with Gasteiger partial charge in [0.25, 0.3) is 0 Å². The molecule has 0 radical (unpaired) electrons. The number of carboxylic acids is 1. The molecule has 3 rings (SSSR count). The number of rotatable bonds is 3. The number of hydrogen-bond acceptors (Lipinski definition) is 3. The van der Waals surface area contributed by atoms with Crippen LogP contribution in [0.4, 0.5) is 4.39 Å². The van der Waals surface area contributed by atoms with Crippen LogP contribution < -0.4 is 0 Å².